The molecular weight excluding hydrogens is 360 g/mol. The zero-order valence-electron chi connectivity index (χ0n) is 12.4. The summed E-state index contributed by atoms with van der Waals surface area (Å²) < 4.78 is 58.9. The number of rotatable bonds is 3. The van der Waals surface area contributed by atoms with Crippen LogP contribution >= 0.6 is 11.6 Å². The minimum Gasteiger partial charge on any atom is -0.453 e. The molecule has 1 heterocycles. The van der Waals surface area contributed by atoms with E-state index in [4.69, 9.17) is 22.8 Å². The van der Waals surface area contributed by atoms with Gasteiger partial charge in [0.05, 0.1) is 22.3 Å². The lowest BCUT2D eigenvalue weighted by Crippen LogP contribution is -2.06. The summed E-state index contributed by atoms with van der Waals surface area (Å²) in [6, 6.07) is 5.69. The molecule has 0 aliphatic carbocycles. The van der Waals surface area contributed by atoms with E-state index in [-0.39, 0.29) is 12.3 Å². The van der Waals surface area contributed by atoms with Crippen molar-refractivity contribution >= 4 is 22.5 Å². The van der Waals surface area contributed by atoms with Crippen molar-refractivity contribution in [2.75, 3.05) is 0 Å². The summed E-state index contributed by atoms with van der Waals surface area (Å²) in [6.07, 6.45) is 2.15. The van der Waals surface area contributed by atoms with Crippen LogP contribution in [0.4, 0.5) is 17.6 Å². The molecule has 25 heavy (non-hydrogen) atoms. The number of nitrogens with zero attached hydrogens (tertiary/aromatic N) is 2. The Balaban J connectivity index is 1.99. The van der Waals surface area contributed by atoms with E-state index in [1.54, 1.807) is 18.3 Å². The van der Waals surface area contributed by atoms with Gasteiger partial charge < -0.3 is 4.74 Å². The molecule has 2 aromatic carbocycles. The maximum absolute atomic E-state index is 14.0. The van der Waals surface area contributed by atoms with E-state index in [1.807, 2.05) is 0 Å². The lowest BCUT2D eigenvalue weighted by atomic mass is 10.2. The third-order valence-electron chi connectivity index (χ3n) is 3.40. The summed E-state index contributed by atoms with van der Waals surface area (Å²) in [5, 5.41) is 4.40. The number of alkyl halides is 3. The molecule has 8 heteroatoms. The van der Waals surface area contributed by atoms with Gasteiger partial charge in [-0.1, -0.05) is 17.5 Å². The maximum Gasteiger partial charge on any atom is 0.416 e. The van der Waals surface area contributed by atoms with Gasteiger partial charge in [-0.25, -0.2) is 4.39 Å². The summed E-state index contributed by atoms with van der Waals surface area (Å²) in [4.78, 5) is 0. The number of halogens is 5. The molecule has 1 aromatic heterocycles. The predicted octanol–water partition coefficient (Wildman–Crippen LogP) is 5.27. The minimum atomic E-state index is -4.70. The number of hydrogen-bond donors (Lipinski definition) is 0. The van der Waals surface area contributed by atoms with Crippen LogP contribution in [0, 0.1) is 18.2 Å². The first-order valence-corrected chi connectivity index (χ1v) is 7.30. The number of fused-ring (bicyclic) bond motifs is 1. The fraction of sp³-hybridized carbons (Fsp3) is 0.118. The summed E-state index contributed by atoms with van der Waals surface area (Å²) in [5.41, 5.74) is -0.552. The van der Waals surface area contributed by atoms with Crippen molar-refractivity contribution < 1.29 is 22.3 Å². The smallest absolute Gasteiger partial charge is 0.416 e. The second-order valence-electron chi connectivity index (χ2n) is 5.10. The number of hydrogen-bond acceptors (Lipinski definition) is 2. The average molecular weight is 369 g/mol. The van der Waals surface area contributed by atoms with E-state index in [9.17, 15) is 17.6 Å². The predicted molar refractivity (Wildman–Crippen MR) is 85.1 cm³/mol. The van der Waals surface area contributed by atoms with E-state index in [1.165, 1.54) is 10.7 Å². The van der Waals surface area contributed by atoms with Crippen molar-refractivity contribution in [1.29, 1.82) is 0 Å². The molecule has 3 rings (SSSR count). The van der Waals surface area contributed by atoms with Gasteiger partial charge in [-0.05, 0) is 24.3 Å². The van der Waals surface area contributed by atoms with Gasteiger partial charge >= 0.3 is 6.18 Å². The Hall–Kier alpha value is -2.72. The highest BCUT2D eigenvalue weighted by Gasteiger charge is 2.32. The van der Waals surface area contributed by atoms with Crippen molar-refractivity contribution in [2.24, 2.45) is 0 Å². The first kappa shape index (κ1) is 17.1. The Morgan fingerprint density at radius 3 is 2.64 bits per heavy atom. The van der Waals surface area contributed by atoms with Gasteiger partial charge in [-0.3, -0.25) is 4.68 Å². The lowest BCUT2D eigenvalue weighted by Gasteiger charge is -2.12. The minimum absolute atomic E-state index is 0.187. The highest BCUT2D eigenvalue weighted by atomic mass is 35.5. The van der Waals surface area contributed by atoms with Gasteiger partial charge in [-0.2, -0.15) is 18.3 Å². The van der Waals surface area contributed by atoms with Crippen LogP contribution in [-0.4, -0.2) is 9.78 Å². The number of aromatic nitrogens is 2. The van der Waals surface area contributed by atoms with Crippen molar-refractivity contribution in [3.05, 3.63) is 52.9 Å². The molecule has 0 N–H and O–H groups in total. The molecule has 0 aliphatic rings. The van der Waals surface area contributed by atoms with Gasteiger partial charge in [0.2, 0.25) is 0 Å². The van der Waals surface area contributed by atoms with Gasteiger partial charge in [-0.15, -0.1) is 6.42 Å². The van der Waals surface area contributed by atoms with Crippen molar-refractivity contribution in [1.82, 2.24) is 9.78 Å². The molecule has 128 valence electrons. The largest absolute Gasteiger partial charge is 0.453 e. The topological polar surface area (TPSA) is 27.1 Å². The highest BCUT2D eigenvalue weighted by molar-refractivity contribution is 6.32. The molecule has 0 bridgehead atoms. The molecule has 0 atom stereocenters. The zero-order valence-corrected chi connectivity index (χ0v) is 13.2. The third kappa shape index (κ3) is 3.39. The molecule has 3 nitrogen and oxygen atoms in total. The Bertz CT molecular complexity index is 965. The first-order valence-electron chi connectivity index (χ1n) is 6.92. The molecule has 3 aromatic rings. The molecule has 0 fully saturated rings. The van der Waals surface area contributed by atoms with Crippen LogP contribution < -0.4 is 4.74 Å². The molecular formula is C17H9ClF4N2O. The Labute approximate surface area is 144 Å². The number of ether oxygens (including phenoxy) is 1. The molecule has 0 radical (unpaired) electrons. The van der Waals surface area contributed by atoms with Crippen LogP contribution in [-0.2, 0) is 12.7 Å². The average Bonchev–Trinajstić information content (AvgIpc) is 2.93. The molecule has 0 saturated heterocycles. The Morgan fingerprint density at radius 2 is 2.00 bits per heavy atom. The molecule has 0 aliphatic heterocycles. The van der Waals surface area contributed by atoms with E-state index >= 15 is 0 Å². The number of terminal acetylenes is 1. The van der Waals surface area contributed by atoms with E-state index in [0.29, 0.717) is 17.6 Å². The Kier molecular flexibility index (Phi) is 4.31. The fourth-order valence-electron chi connectivity index (χ4n) is 2.27. The van der Waals surface area contributed by atoms with Gasteiger partial charge in [0.15, 0.2) is 11.6 Å². The summed E-state index contributed by atoms with van der Waals surface area (Å²) >= 11 is 5.76. The van der Waals surface area contributed by atoms with Crippen molar-refractivity contribution in [3.63, 3.8) is 0 Å². The van der Waals surface area contributed by atoms with Crippen LogP contribution in [0.25, 0.3) is 10.9 Å². The van der Waals surface area contributed by atoms with E-state index < -0.39 is 28.3 Å². The summed E-state index contributed by atoms with van der Waals surface area (Å²) in [7, 11) is 0. The fourth-order valence-corrected chi connectivity index (χ4v) is 2.51. The van der Waals surface area contributed by atoms with E-state index in [0.717, 1.165) is 5.39 Å². The second-order valence-corrected chi connectivity index (χ2v) is 5.50. The SMILES string of the molecule is C#CCn1ncc2ccc(Oc3c(F)cc(C(F)(F)F)cc3Cl)cc21. The normalized spacial score (nSPS) is 11.5. The summed E-state index contributed by atoms with van der Waals surface area (Å²) in [5.74, 6) is 0.929. The third-order valence-corrected chi connectivity index (χ3v) is 3.68. The second kappa shape index (κ2) is 6.30. The molecule has 0 saturated carbocycles. The van der Waals surface area contributed by atoms with Crippen LogP contribution in [0.1, 0.15) is 5.56 Å². The first-order chi connectivity index (χ1) is 11.8. The van der Waals surface area contributed by atoms with Crippen molar-refractivity contribution in [2.45, 2.75) is 12.7 Å². The van der Waals surface area contributed by atoms with Crippen molar-refractivity contribution in [3.8, 4) is 23.8 Å². The van der Waals surface area contributed by atoms with Crippen LogP contribution in [0.2, 0.25) is 5.02 Å². The van der Waals surface area contributed by atoms with Gasteiger partial charge in [0.1, 0.15) is 12.3 Å². The Morgan fingerprint density at radius 1 is 1.24 bits per heavy atom. The summed E-state index contributed by atoms with van der Waals surface area (Å²) in [6.45, 7) is 0.225. The monoisotopic (exact) mass is 368 g/mol. The molecule has 0 amide bonds. The number of benzene rings is 2. The lowest BCUT2D eigenvalue weighted by molar-refractivity contribution is -0.137. The van der Waals surface area contributed by atoms with Gasteiger partial charge in [0.25, 0.3) is 0 Å². The van der Waals surface area contributed by atoms with E-state index in [2.05, 4.69) is 11.0 Å². The van der Waals surface area contributed by atoms with Gasteiger partial charge in [0, 0.05) is 11.5 Å². The molecule has 0 spiro atoms. The molecule has 0 unspecified atom stereocenters. The zero-order chi connectivity index (χ0) is 18.2. The highest BCUT2D eigenvalue weighted by Crippen LogP contribution is 2.39. The van der Waals surface area contributed by atoms with Crippen LogP contribution in [0.3, 0.4) is 0 Å². The van der Waals surface area contributed by atoms with Crippen LogP contribution in [0.5, 0.6) is 11.5 Å². The van der Waals surface area contributed by atoms with Crippen LogP contribution in [0.15, 0.2) is 36.5 Å². The standard InChI is InChI=1S/C17H9ClF4N2O/c1-2-5-24-15-8-12(4-3-10(15)9-23-24)25-16-13(18)6-11(7-14(16)19)17(20,21)22/h1,3-4,6-9H,5H2. The quantitative estimate of drug-likeness (QED) is 0.465. The maximum atomic E-state index is 14.0.